The van der Waals surface area contributed by atoms with Gasteiger partial charge in [-0.15, -0.1) is 0 Å². The van der Waals surface area contributed by atoms with Crippen molar-refractivity contribution in [2.24, 2.45) is 0 Å². The minimum atomic E-state index is -0.681. The first-order chi connectivity index (χ1) is 19.1. The molecule has 0 aromatic heterocycles. The van der Waals surface area contributed by atoms with E-state index in [1.54, 1.807) is 0 Å². The maximum absolute atomic E-state index is 12.5. The quantitative estimate of drug-likeness (QED) is 0.0665. The van der Waals surface area contributed by atoms with Gasteiger partial charge in [-0.05, 0) is 38.5 Å². The molecule has 0 spiro atoms. The van der Waals surface area contributed by atoms with Gasteiger partial charge in [0, 0.05) is 12.8 Å². The van der Waals surface area contributed by atoms with Crippen molar-refractivity contribution in [1.82, 2.24) is 0 Å². The van der Waals surface area contributed by atoms with Crippen LogP contribution in [0.5, 0.6) is 0 Å². The monoisotopic (exact) mass is 553 g/mol. The summed E-state index contributed by atoms with van der Waals surface area (Å²) in [5.41, 5.74) is 0. The highest BCUT2D eigenvalue weighted by atomic mass is 16.5. The zero-order chi connectivity index (χ0) is 28.7. The van der Waals surface area contributed by atoms with E-state index in [-0.39, 0.29) is 12.1 Å². The number of unbranched alkanes of at least 4 members (excludes halogenated alkanes) is 23. The molecular formula is C35H68O4. The first-order valence-corrected chi connectivity index (χ1v) is 17.5. The molecule has 0 aromatic rings. The van der Waals surface area contributed by atoms with E-state index in [0.717, 1.165) is 51.4 Å². The van der Waals surface area contributed by atoms with E-state index in [1.165, 1.54) is 128 Å². The van der Waals surface area contributed by atoms with Crippen LogP contribution in [0.2, 0.25) is 0 Å². The van der Waals surface area contributed by atoms with Crippen LogP contribution in [0.3, 0.4) is 0 Å². The van der Waals surface area contributed by atoms with Crippen molar-refractivity contribution in [2.45, 2.75) is 213 Å². The molecule has 0 bridgehead atoms. The number of hydrogen-bond donors (Lipinski definition) is 1. The van der Waals surface area contributed by atoms with Crippen molar-refractivity contribution in [3.8, 4) is 0 Å². The Morgan fingerprint density at radius 1 is 0.462 bits per heavy atom. The molecule has 1 atom stereocenters. The van der Waals surface area contributed by atoms with E-state index in [4.69, 9.17) is 9.84 Å². The molecule has 1 N–H and O–H groups in total. The summed E-state index contributed by atoms with van der Waals surface area (Å²) >= 11 is 0. The molecule has 0 amide bonds. The summed E-state index contributed by atoms with van der Waals surface area (Å²) in [6.45, 7) is 4.52. The predicted octanol–water partition coefficient (Wildman–Crippen LogP) is 11.7. The van der Waals surface area contributed by atoms with Crippen LogP contribution in [0.1, 0.15) is 206 Å². The Morgan fingerprint density at radius 2 is 0.769 bits per heavy atom. The summed E-state index contributed by atoms with van der Waals surface area (Å²) in [5.74, 6) is -0.657. The number of carboxylic acids is 1. The zero-order valence-electron chi connectivity index (χ0n) is 26.5. The lowest BCUT2D eigenvalue weighted by atomic mass is 10.0. The largest absolute Gasteiger partial charge is 0.481 e. The lowest BCUT2D eigenvalue weighted by molar-refractivity contribution is -0.150. The molecule has 0 aromatic carbocycles. The summed E-state index contributed by atoms with van der Waals surface area (Å²) in [6.07, 6.45) is 35.6. The Labute approximate surface area is 243 Å². The van der Waals surface area contributed by atoms with Crippen LogP contribution in [0.15, 0.2) is 0 Å². The number of carbonyl (C=O) groups is 2. The molecule has 0 fully saturated rings. The fraction of sp³-hybridized carbons (Fsp3) is 0.943. The fourth-order valence-electron chi connectivity index (χ4n) is 5.48. The lowest BCUT2D eigenvalue weighted by Crippen LogP contribution is -2.18. The molecule has 4 nitrogen and oxygen atoms in total. The van der Waals surface area contributed by atoms with Crippen LogP contribution in [0.4, 0.5) is 0 Å². The first kappa shape index (κ1) is 37.9. The van der Waals surface area contributed by atoms with Crippen molar-refractivity contribution < 1.29 is 19.4 Å². The molecule has 0 heterocycles. The van der Waals surface area contributed by atoms with Gasteiger partial charge in [-0.25, -0.2) is 0 Å². The maximum Gasteiger partial charge on any atom is 0.306 e. The molecule has 39 heavy (non-hydrogen) atoms. The Hall–Kier alpha value is -1.06. The molecule has 232 valence electrons. The summed E-state index contributed by atoms with van der Waals surface area (Å²) in [7, 11) is 0. The van der Waals surface area contributed by atoms with E-state index in [9.17, 15) is 9.59 Å². The van der Waals surface area contributed by atoms with Gasteiger partial charge in [-0.1, -0.05) is 155 Å². The summed E-state index contributed by atoms with van der Waals surface area (Å²) < 4.78 is 5.95. The second kappa shape index (κ2) is 31.5. The molecule has 0 rings (SSSR count). The van der Waals surface area contributed by atoms with Gasteiger partial charge in [0.15, 0.2) is 0 Å². The number of esters is 1. The van der Waals surface area contributed by atoms with Gasteiger partial charge in [0.2, 0.25) is 0 Å². The topological polar surface area (TPSA) is 63.6 Å². The van der Waals surface area contributed by atoms with E-state index < -0.39 is 5.97 Å². The Morgan fingerprint density at radius 3 is 1.15 bits per heavy atom. The van der Waals surface area contributed by atoms with Gasteiger partial charge in [0.05, 0.1) is 0 Å². The summed E-state index contributed by atoms with van der Waals surface area (Å²) in [4.78, 5) is 23.1. The Bertz CT molecular complexity index is 519. The highest BCUT2D eigenvalue weighted by Crippen LogP contribution is 2.18. The number of hydrogen-bond acceptors (Lipinski definition) is 3. The number of aliphatic carboxylic acids is 1. The molecule has 0 aliphatic rings. The molecule has 0 radical (unpaired) electrons. The van der Waals surface area contributed by atoms with Crippen LogP contribution in [-0.2, 0) is 14.3 Å². The second-order valence-electron chi connectivity index (χ2n) is 12.1. The first-order valence-electron chi connectivity index (χ1n) is 17.5. The van der Waals surface area contributed by atoms with Gasteiger partial charge in [0.1, 0.15) is 6.10 Å². The van der Waals surface area contributed by atoms with Crippen LogP contribution < -0.4 is 0 Å². The highest BCUT2D eigenvalue weighted by Gasteiger charge is 2.14. The standard InChI is InChI=1S/C35H68O4/c1-3-5-7-9-10-11-12-13-14-15-16-21-24-28-32-35(38)39-33(29-25-8-6-4-2)30-26-22-19-17-18-20-23-27-31-34(36)37/h33H,3-32H2,1-2H3,(H,36,37). The molecule has 1 unspecified atom stereocenters. The minimum Gasteiger partial charge on any atom is -0.481 e. The molecule has 0 aliphatic heterocycles. The predicted molar refractivity (Wildman–Crippen MR) is 167 cm³/mol. The van der Waals surface area contributed by atoms with Gasteiger partial charge in [-0.2, -0.15) is 0 Å². The van der Waals surface area contributed by atoms with E-state index in [1.807, 2.05) is 0 Å². The van der Waals surface area contributed by atoms with E-state index in [2.05, 4.69) is 13.8 Å². The van der Waals surface area contributed by atoms with Gasteiger partial charge in [-0.3, -0.25) is 9.59 Å². The number of carbonyl (C=O) groups excluding carboxylic acids is 1. The molecule has 4 heteroatoms. The smallest absolute Gasteiger partial charge is 0.306 e. The van der Waals surface area contributed by atoms with Crippen LogP contribution in [0.25, 0.3) is 0 Å². The summed E-state index contributed by atoms with van der Waals surface area (Å²) in [5, 5.41) is 8.69. The lowest BCUT2D eigenvalue weighted by Gasteiger charge is -2.18. The minimum absolute atomic E-state index is 0.0239. The van der Waals surface area contributed by atoms with E-state index in [0.29, 0.717) is 12.8 Å². The van der Waals surface area contributed by atoms with Crippen molar-refractivity contribution in [2.75, 3.05) is 0 Å². The third-order valence-electron chi connectivity index (χ3n) is 8.08. The number of carboxylic acid groups (broad SMARTS) is 1. The van der Waals surface area contributed by atoms with Crippen molar-refractivity contribution in [1.29, 1.82) is 0 Å². The van der Waals surface area contributed by atoms with Crippen molar-refractivity contribution in [3.05, 3.63) is 0 Å². The Kier molecular flexibility index (Phi) is 30.6. The normalized spacial score (nSPS) is 12.1. The van der Waals surface area contributed by atoms with Crippen LogP contribution >= 0.6 is 0 Å². The van der Waals surface area contributed by atoms with Crippen molar-refractivity contribution >= 4 is 11.9 Å². The van der Waals surface area contributed by atoms with Crippen LogP contribution in [0, 0.1) is 0 Å². The van der Waals surface area contributed by atoms with Crippen LogP contribution in [-0.4, -0.2) is 23.1 Å². The van der Waals surface area contributed by atoms with Gasteiger partial charge < -0.3 is 9.84 Å². The molecular weight excluding hydrogens is 484 g/mol. The SMILES string of the molecule is CCCCCCCCCCCCCCCCC(=O)OC(CCCCCC)CCCCCCCCCCC(=O)O. The third-order valence-corrected chi connectivity index (χ3v) is 8.08. The third kappa shape index (κ3) is 31.3. The zero-order valence-corrected chi connectivity index (χ0v) is 26.5. The molecule has 0 saturated carbocycles. The second-order valence-corrected chi connectivity index (χ2v) is 12.1. The van der Waals surface area contributed by atoms with E-state index >= 15 is 0 Å². The summed E-state index contributed by atoms with van der Waals surface area (Å²) in [6, 6.07) is 0. The Balaban J connectivity index is 3.79. The molecule has 0 aliphatic carbocycles. The van der Waals surface area contributed by atoms with Gasteiger partial charge in [0.25, 0.3) is 0 Å². The number of rotatable bonds is 32. The van der Waals surface area contributed by atoms with Crippen molar-refractivity contribution in [3.63, 3.8) is 0 Å². The average molecular weight is 553 g/mol. The molecule has 0 saturated heterocycles. The van der Waals surface area contributed by atoms with Gasteiger partial charge >= 0.3 is 11.9 Å². The highest BCUT2D eigenvalue weighted by molar-refractivity contribution is 5.69. The number of ether oxygens (including phenoxy) is 1. The fourth-order valence-corrected chi connectivity index (χ4v) is 5.48. The average Bonchev–Trinajstić information content (AvgIpc) is 2.91. The maximum atomic E-state index is 12.5.